The van der Waals surface area contributed by atoms with Gasteiger partial charge in [-0.2, -0.15) is 0 Å². The Balaban J connectivity index is 1.36. The third kappa shape index (κ3) is 8.71. The molecule has 4 unspecified atom stereocenters. The zero-order valence-corrected chi connectivity index (χ0v) is 27.8. The van der Waals surface area contributed by atoms with E-state index in [9.17, 15) is 24.0 Å². The maximum absolute atomic E-state index is 13.8. The number of hydrogen-bond acceptors (Lipinski definition) is 6. The predicted octanol–water partition coefficient (Wildman–Crippen LogP) is 4.89. The van der Waals surface area contributed by atoms with Crippen LogP contribution in [0.1, 0.15) is 88.9 Å². The summed E-state index contributed by atoms with van der Waals surface area (Å²) in [6, 6.07) is 14.9. The predicted molar refractivity (Wildman–Crippen MR) is 177 cm³/mol. The Morgan fingerprint density at radius 3 is 2.30 bits per heavy atom. The Morgan fingerprint density at radius 2 is 1.68 bits per heavy atom. The average Bonchev–Trinajstić information content (AvgIpc) is 3.55. The van der Waals surface area contributed by atoms with Gasteiger partial charge in [0.25, 0.3) is 5.91 Å². The molecule has 1 aliphatic heterocycles. The second kappa shape index (κ2) is 15.3. The van der Waals surface area contributed by atoms with E-state index in [1.165, 1.54) is 0 Å². The van der Waals surface area contributed by atoms with Crippen molar-refractivity contribution in [3.63, 3.8) is 0 Å². The number of nitrogens with one attached hydrogen (secondary N) is 4. The van der Waals surface area contributed by atoms with Gasteiger partial charge in [-0.15, -0.1) is 0 Å². The van der Waals surface area contributed by atoms with Crippen LogP contribution in [0.15, 0.2) is 54.6 Å². The topological polar surface area (TPSA) is 143 Å². The van der Waals surface area contributed by atoms with Crippen LogP contribution in [0.4, 0.5) is 4.79 Å². The van der Waals surface area contributed by atoms with Gasteiger partial charge in [0.05, 0.1) is 6.04 Å². The number of halogens is 1. The summed E-state index contributed by atoms with van der Waals surface area (Å²) in [7, 11) is 0. The van der Waals surface area contributed by atoms with Crippen LogP contribution in [0.3, 0.4) is 0 Å². The molecule has 11 heteroatoms. The molecule has 0 radical (unpaired) electrons. The second-order valence-electron chi connectivity index (χ2n) is 13.6. The van der Waals surface area contributed by atoms with Crippen molar-refractivity contribution < 1.29 is 28.7 Å². The number of ketones is 1. The van der Waals surface area contributed by atoms with E-state index < -0.39 is 53.2 Å². The molecule has 2 aromatic rings. The molecule has 0 aromatic heterocycles. The van der Waals surface area contributed by atoms with Crippen LogP contribution < -0.4 is 21.3 Å². The maximum atomic E-state index is 13.8. The number of carbonyl (C=O) groups excluding carboxylic acids is 5. The van der Waals surface area contributed by atoms with Crippen LogP contribution >= 0.6 is 11.6 Å². The van der Waals surface area contributed by atoms with Gasteiger partial charge < -0.3 is 26.0 Å². The summed E-state index contributed by atoms with van der Waals surface area (Å²) < 4.78 is 6.29. The van der Waals surface area contributed by atoms with Gasteiger partial charge in [0.2, 0.25) is 17.6 Å². The van der Waals surface area contributed by atoms with E-state index in [1.54, 1.807) is 0 Å². The lowest BCUT2D eigenvalue weighted by molar-refractivity contribution is -0.141. The van der Waals surface area contributed by atoms with E-state index >= 15 is 0 Å². The summed E-state index contributed by atoms with van der Waals surface area (Å²) in [6.45, 7) is 4.30. The van der Waals surface area contributed by atoms with Gasteiger partial charge >= 0.3 is 6.09 Å². The number of alkyl carbamates (subject to hydrolysis) is 1. The highest BCUT2D eigenvalue weighted by atomic mass is 35.5. The van der Waals surface area contributed by atoms with Crippen LogP contribution in [0, 0.1) is 11.8 Å². The van der Waals surface area contributed by atoms with Crippen molar-refractivity contribution in [1.29, 1.82) is 0 Å². The van der Waals surface area contributed by atoms with Gasteiger partial charge in [-0.05, 0) is 74.1 Å². The smallest absolute Gasteiger partial charge is 0.408 e. The van der Waals surface area contributed by atoms with Gasteiger partial charge in [0.15, 0.2) is 0 Å². The zero-order valence-electron chi connectivity index (χ0n) is 27.1. The highest BCUT2D eigenvalue weighted by Crippen LogP contribution is 2.51. The number of carbonyl (C=O) groups is 5. The number of rotatable bonds is 14. The highest BCUT2D eigenvalue weighted by molar-refractivity contribution is 6.38. The zero-order chi connectivity index (χ0) is 33.6. The lowest BCUT2D eigenvalue weighted by Crippen LogP contribution is -2.55. The standard InChI is InChI=1S/C36H45ClN4O6/c1-22(2)19-29(33(44)40-28(20-24-15-18-38-32(24)43)30(42)34(45)39-27-13-14-27)41-35(46)47-31(23-9-4-3-5-10-23)36(16-6-7-17-36)25-11-8-12-26(37)21-25/h3-5,8-12,21-22,24,27-29,31H,6-7,13-20H2,1-2H3,(H,38,43)(H,39,45)(H,40,44)(H,41,46). The number of hydrogen-bond donors (Lipinski definition) is 4. The molecule has 0 spiro atoms. The van der Waals surface area contributed by atoms with Crippen LogP contribution in [0.2, 0.25) is 5.02 Å². The summed E-state index contributed by atoms with van der Waals surface area (Å²) in [4.78, 5) is 65.9. The first-order valence-corrected chi connectivity index (χ1v) is 17.1. The summed E-state index contributed by atoms with van der Waals surface area (Å²) >= 11 is 6.43. The number of ether oxygens (including phenoxy) is 1. The minimum absolute atomic E-state index is 0.00321. The Morgan fingerprint density at radius 1 is 0.957 bits per heavy atom. The highest BCUT2D eigenvalue weighted by Gasteiger charge is 2.46. The lowest BCUT2D eigenvalue weighted by atomic mass is 9.72. The SMILES string of the molecule is CC(C)CC(NC(=O)OC(c1ccccc1)C1(c2cccc(Cl)c2)CCCC1)C(=O)NC(CC1CCNC1=O)C(=O)C(=O)NC1CC1. The van der Waals surface area contributed by atoms with Crippen molar-refractivity contribution in [3.05, 3.63) is 70.7 Å². The molecule has 2 aliphatic carbocycles. The molecular formula is C36H45ClN4O6. The van der Waals surface area contributed by atoms with E-state index in [4.69, 9.17) is 16.3 Å². The minimum atomic E-state index is -1.22. The van der Waals surface area contributed by atoms with E-state index in [1.807, 2.05) is 68.4 Å². The summed E-state index contributed by atoms with van der Waals surface area (Å²) in [5.74, 6) is -2.93. The number of amides is 4. The molecular weight excluding hydrogens is 620 g/mol. The van der Waals surface area contributed by atoms with Gasteiger partial charge in [-0.3, -0.25) is 19.2 Å². The third-order valence-corrected chi connectivity index (χ3v) is 9.73. The molecule has 3 aliphatic rings. The molecule has 10 nitrogen and oxygen atoms in total. The molecule has 4 amide bonds. The first-order chi connectivity index (χ1) is 22.6. The first kappa shape index (κ1) is 34.4. The summed E-state index contributed by atoms with van der Waals surface area (Å²) in [5.41, 5.74) is 1.30. The second-order valence-corrected chi connectivity index (χ2v) is 14.0. The normalized spacial score (nSPS) is 20.5. The van der Waals surface area contributed by atoms with E-state index in [0.717, 1.165) is 49.7 Å². The fourth-order valence-corrected chi connectivity index (χ4v) is 7.11. The van der Waals surface area contributed by atoms with Crippen molar-refractivity contribution in [2.75, 3.05) is 6.54 Å². The fraction of sp³-hybridized carbons (Fsp3) is 0.528. The van der Waals surface area contributed by atoms with Crippen molar-refractivity contribution in [2.24, 2.45) is 11.8 Å². The monoisotopic (exact) mass is 664 g/mol. The Hall–Kier alpha value is -3.92. The largest absolute Gasteiger partial charge is 0.440 e. The molecule has 2 saturated carbocycles. The fourth-order valence-electron chi connectivity index (χ4n) is 6.92. The van der Waals surface area contributed by atoms with Crippen molar-refractivity contribution in [2.45, 2.75) is 101 Å². The quantitative estimate of drug-likeness (QED) is 0.212. The van der Waals surface area contributed by atoms with Gasteiger partial charge in [-0.1, -0.05) is 80.8 Å². The summed E-state index contributed by atoms with van der Waals surface area (Å²) in [5, 5.41) is 11.5. The molecule has 3 fully saturated rings. The van der Waals surface area contributed by atoms with Crippen molar-refractivity contribution >= 4 is 41.2 Å². The number of benzene rings is 2. The van der Waals surface area contributed by atoms with E-state index in [0.29, 0.717) is 18.0 Å². The molecule has 5 rings (SSSR count). The van der Waals surface area contributed by atoms with Gasteiger partial charge in [-0.25, -0.2) is 4.79 Å². The minimum Gasteiger partial charge on any atom is -0.440 e. The van der Waals surface area contributed by atoms with Crippen LogP contribution in [-0.4, -0.2) is 54.3 Å². The Kier molecular flexibility index (Phi) is 11.2. The van der Waals surface area contributed by atoms with Crippen LogP contribution in [0.25, 0.3) is 0 Å². The van der Waals surface area contributed by atoms with Crippen LogP contribution in [-0.2, 0) is 29.3 Å². The van der Waals surface area contributed by atoms with Gasteiger partial charge in [0, 0.05) is 28.9 Å². The van der Waals surface area contributed by atoms with Crippen molar-refractivity contribution in [1.82, 2.24) is 21.3 Å². The summed E-state index contributed by atoms with van der Waals surface area (Å²) in [6.07, 6.45) is 4.42. The van der Waals surface area contributed by atoms with E-state index in [-0.39, 0.29) is 30.7 Å². The lowest BCUT2D eigenvalue weighted by Gasteiger charge is -2.38. The van der Waals surface area contributed by atoms with E-state index in [2.05, 4.69) is 21.3 Å². The van der Waals surface area contributed by atoms with Crippen molar-refractivity contribution in [3.8, 4) is 0 Å². The number of Topliss-reactive ketones (excluding diaryl/α,β-unsaturated/α-hetero) is 1. The molecule has 4 atom stereocenters. The molecule has 252 valence electrons. The Labute approximate surface area is 281 Å². The molecule has 2 aromatic carbocycles. The Bertz CT molecular complexity index is 1460. The molecule has 4 N–H and O–H groups in total. The first-order valence-electron chi connectivity index (χ1n) is 16.8. The molecule has 0 bridgehead atoms. The maximum Gasteiger partial charge on any atom is 0.408 e. The molecule has 1 heterocycles. The van der Waals surface area contributed by atoms with Gasteiger partial charge in [0.1, 0.15) is 12.1 Å². The average molecular weight is 665 g/mol. The molecule has 1 saturated heterocycles. The van der Waals surface area contributed by atoms with Crippen LogP contribution in [0.5, 0.6) is 0 Å². The third-order valence-electron chi connectivity index (χ3n) is 9.49. The molecule has 47 heavy (non-hydrogen) atoms.